The van der Waals surface area contributed by atoms with Crippen molar-refractivity contribution in [2.75, 3.05) is 6.54 Å². The fraction of sp³-hybridized carbons (Fsp3) is 0.833. The van der Waals surface area contributed by atoms with Crippen LogP contribution in [0.15, 0.2) is 0 Å². The first-order chi connectivity index (χ1) is 6.54. The lowest BCUT2D eigenvalue weighted by molar-refractivity contribution is 0.0866. The van der Waals surface area contributed by atoms with Crippen molar-refractivity contribution in [1.29, 1.82) is 0 Å². The molecule has 2 heteroatoms. The van der Waals surface area contributed by atoms with Gasteiger partial charge in [0.1, 0.15) is 5.60 Å². The van der Waals surface area contributed by atoms with Gasteiger partial charge in [-0.1, -0.05) is 33.1 Å². The van der Waals surface area contributed by atoms with E-state index >= 15 is 0 Å². The van der Waals surface area contributed by atoms with Crippen molar-refractivity contribution < 1.29 is 5.11 Å². The van der Waals surface area contributed by atoms with Crippen LogP contribution in [0.25, 0.3) is 0 Å². The highest BCUT2D eigenvalue weighted by atomic mass is 16.3. The summed E-state index contributed by atoms with van der Waals surface area (Å²) in [5, 5.41) is 9.99. The van der Waals surface area contributed by atoms with Crippen LogP contribution in [0.1, 0.15) is 46.5 Å². The zero-order valence-electron chi connectivity index (χ0n) is 9.64. The molecule has 0 fully saturated rings. The maximum absolute atomic E-state index is 9.99. The summed E-state index contributed by atoms with van der Waals surface area (Å²) in [4.78, 5) is 0. The van der Waals surface area contributed by atoms with Crippen molar-refractivity contribution in [2.45, 2.75) is 52.1 Å². The summed E-state index contributed by atoms with van der Waals surface area (Å²) in [6.45, 7) is 6.48. The Morgan fingerprint density at radius 1 is 1.43 bits per heavy atom. The normalized spacial score (nSPS) is 14.7. The summed E-state index contributed by atoms with van der Waals surface area (Å²) < 4.78 is 0. The largest absolute Gasteiger partial charge is 0.376 e. The predicted octanol–water partition coefficient (Wildman–Crippen LogP) is 1.92. The number of hydrogen-bond donors (Lipinski definition) is 2. The average Bonchev–Trinajstić information content (AvgIpc) is 2.11. The second kappa shape index (κ2) is 6.86. The molecule has 0 rings (SSSR count). The van der Waals surface area contributed by atoms with E-state index < -0.39 is 5.60 Å². The van der Waals surface area contributed by atoms with Gasteiger partial charge in [-0.25, -0.2) is 0 Å². The molecule has 3 N–H and O–H groups in total. The number of rotatable bonds is 5. The van der Waals surface area contributed by atoms with Crippen LogP contribution in [0.4, 0.5) is 0 Å². The predicted molar refractivity (Wildman–Crippen MR) is 60.8 cm³/mol. The zero-order chi connectivity index (χ0) is 11.0. The highest BCUT2D eigenvalue weighted by molar-refractivity contribution is 5.14. The number of aliphatic hydroxyl groups is 1. The SMILES string of the molecule is CCCCC#C[C@@](O)(CN)CC(C)C. The second-order valence-corrected chi connectivity index (χ2v) is 4.24. The molecule has 1 atom stereocenters. The average molecular weight is 197 g/mol. The van der Waals surface area contributed by atoms with Crippen LogP contribution in [0.2, 0.25) is 0 Å². The van der Waals surface area contributed by atoms with E-state index in [-0.39, 0.29) is 6.54 Å². The van der Waals surface area contributed by atoms with Gasteiger partial charge >= 0.3 is 0 Å². The molecular weight excluding hydrogens is 174 g/mol. The zero-order valence-corrected chi connectivity index (χ0v) is 9.64. The molecule has 0 aromatic heterocycles. The van der Waals surface area contributed by atoms with Gasteiger partial charge in [0.25, 0.3) is 0 Å². The fourth-order valence-corrected chi connectivity index (χ4v) is 1.35. The highest BCUT2D eigenvalue weighted by Gasteiger charge is 2.23. The molecule has 0 heterocycles. The summed E-state index contributed by atoms with van der Waals surface area (Å²) in [6, 6.07) is 0. The minimum atomic E-state index is -0.970. The maximum atomic E-state index is 9.99. The van der Waals surface area contributed by atoms with Gasteiger partial charge in [0.2, 0.25) is 0 Å². The Morgan fingerprint density at radius 3 is 2.50 bits per heavy atom. The Balaban J connectivity index is 4.13. The summed E-state index contributed by atoms with van der Waals surface area (Å²) in [5.74, 6) is 6.32. The van der Waals surface area contributed by atoms with E-state index in [1.807, 2.05) is 0 Å². The lowest BCUT2D eigenvalue weighted by atomic mass is 9.93. The summed E-state index contributed by atoms with van der Waals surface area (Å²) in [6.07, 6.45) is 3.74. The molecule has 14 heavy (non-hydrogen) atoms. The number of hydrogen-bond acceptors (Lipinski definition) is 2. The molecule has 82 valence electrons. The Bertz CT molecular complexity index is 202. The van der Waals surface area contributed by atoms with Crippen LogP contribution < -0.4 is 5.73 Å². The monoisotopic (exact) mass is 197 g/mol. The van der Waals surface area contributed by atoms with E-state index in [0.29, 0.717) is 12.3 Å². The molecular formula is C12H23NO. The van der Waals surface area contributed by atoms with Gasteiger partial charge in [-0.15, -0.1) is 5.92 Å². The molecule has 0 aliphatic carbocycles. The van der Waals surface area contributed by atoms with Crippen molar-refractivity contribution in [3.63, 3.8) is 0 Å². The van der Waals surface area contributed by atoms with E-state index in [9.17, 15) is 5.11 Å². The summed E-state index contributed by atoms with van der Waals surface area (Å²) in [5.41, 5.74) is 4.55. The van der Waals surface area contributed by atoms with Crippen LogP contribution in [-0.2, 0) is 0 Å². The Labute approximate surface area is 87.9 Å². The third-order valence-corrected chi connectivity index (χ3v) is 2.06. The van der Waals surface area contributed by atoms with Crippen LogP contribution >= 0.6 is 0 Å². The van der Waals surface area contributed by atoms with E-state index in [4.69, 9.17) is 5.73 Å². The van der Waals surface area contributed by atoms with Crippen molar-refractivity contribution in [3.05, 3.63) is 0 Å². The first-order valence-electron chi connectivity index (χ1n) is 5.46. The van der Waals surface area contributed by atoms with E-state index in [0.717, 1.165) is 19.3 Å². The molecule has 0 spiro atoms. The molecule has 0 saturated carbocycles. The van der Waals surface area contributed by atoms with E-state index in [2.05, 4.69) is 32.6 Å². The van der Waals surface area contributed by atoms with Gasteiger partial charge in [0.15, 0.2) is 0 Å². The minimum Gasteiger partial charge on any atom is -0.376 e. The quantitative estimate of drug-likeness (QED) is 0.522. The fourth-order valence-electron chi connectivity index (χ4n) is 1.35. The first kappa shape index (κ1) is 13.5. The molecule has 0 saturated heterocycles. The van der Waals surface area contributed by atoms with Gasteiger partial charge in [-0.2, -0.15) is 0 Å². The molecule has 0 aliphatic rings. The van der Waals surface area contributed by atoms with Crippen LogP contribution in [0.3, 0.4) is 0 Å². The molecule has 0 aromatic rings. The molecule has 0 unspecified atom stereocenters. The lowest BCUT2D eigenvalue weighted by Crippen LogP contribution is -2.37. The molecule has 0 bridgehead atoms. The van der Waals surface area contributed by atoms with Crippen molar-refractivity contribution in [3.8, 4) is 11.8 Å². The van der Waals surface area contributed by atoms with Crippen molar-refractivity contribution >= 4 is 0 Å². The van der Waals surface area contributed by atoms with E-state index in [1.54, 1.807) is 0 Å². The van der Waals surface area contributed by atoms with Gasteiger partial charge in [-0.3, -0.25) is 0 Å². The first-order valence-corrected chi connectivity index (χ1v) is 5.46. The Morgan fingerprint density at radius 2 is 2.07 bits per heavy atom. The van der Waals surface area contributed by atoms with Crippen molar-refractivity contribution in [1.82, 2.24) is 0 Å². The highest BCUT2D eigenvalue weighted by Crippen LogP contribution is 2.14. The minimum absolute atomic E-state index is 0.226. The Hall–Kier alpha value is -0.520. The molecule has 0 amide bonds. The van der Waals surface area contributed by atoms with E-state index in [1.165, 1.54) is 0 Å². The smallest absolute Gasteiger partial charge is 0.137 e. The third-order valence-electron chi connectivity index (χ3n) is 2.06. The number of nitrogens with two attached hydrogens (primary N) is 1. The van der Waals surface area contributed by atoms with Gasteiger partial charge < -0.3 is 10.8 Å². The van der Waals surface area contributed by atoms with Gasteiger partial charge in [-0.05, 0) is 18.8 Å². The summed E-state index contributed by atoms with van der Waals surface area (Å²) in [7, 11) is 0. The maximum Gasteiger partial charge on any atom is 0.137 e. The molecule has 0 aliphatic heterocycles. The van der Waals surface area contributed by atoms with Gasteiger partial charge in [0, 0.05) is 13.0 Å². The van der Waals surface area contributed by atoms with Crippen LogP contribution in [0.5, 0.6) is 0 Å². The number of unbranched alkanes of at least 4 members (excludes halogenated alkanes) is 2. The lowest BCUT2D eigenvalue weighted by Gasteiger charge is -2.22. The molecule has 0 radical (unpaired) electrons. The van der Waals surface area contributed by atoms with Gasteiger partial charge in [0.05, 0.1) is 0 Å². The van der Waals surface area contributed by atoms with Crippen LogP contribution in [0, 0.1) is 17.8 Å². The summed E-state index contributed by atoms with van der Waals surface area (Å²) >= 11 is 0. The third kappa shape index (κ3) is 6.01. The standard InChI is InChI=1S/C12H23NO/c1-4-5-6-7-8-12(14,10-13)9-11(2)3/h11,14H,4-6,9-10,13H2,1-3H3/t12-/m0/s1. The molecule has 0 aromatic carbocycles. The molecule has 2 nitrogen and oxygen atoms in total. The van der Waals surface area contributed by atoms with Crippen molar-refractivity contribution in [2.24, 2.45) is 11.7 Å². The van der Waals surface area contributed by atoms with Crippen LogP contribution in [-0.4, -0.2) is 17.3 Å². The second-order valence-electron chi connectivity index (χ2n) is 4.24. The Kier molecular flexibility index (Phi) is 6.61. The topological polar surface area (TPSA) is 46.2 Å².